The fraction of sp³-hybridized carbons (Fsp3) is 0.538. The molecule has 1 aromatic rings. The highest BCUT2D eigenvalue weighted by Gasteiger charge is 2.21. The maximum atomic E-state index is 5.72. The van der Waals surface area contributed by atoms with Gasteiger partial charge in [-0.1, -0.05) is 18.2 Å². The van der Waals surface area contributed by atoms with Crippen molar-refractivity contribution in [3.8, 4) is 5.75 Å². The first-order valence-corrected chi connectivity index (χ1v) is 5.63. The van der Waals surface area contributed by atoms with E-state index in [1.54, 1.807) is 0 Å². The molecule has 1 heterocycles. The van der Waals surface area contributed by atoms with Crippen molar-refractivity contribution in [2.24, 2.45) is 0 Å². The summed E-state index contributed by atoms with van der Waals surface area (Å²) in [6.45, 7) is 6.57. The van der Waals surface area contributed by atoms with Crippen LogP contribution < -0.4 is 4.74 Å². The zero-order chi connectivity index (χ0) is 10.7. The van der Waals surface area contributed by atoms with Crippen molar-refractivity contribution in [3.05, 3.63) is 29.3 Å². The van der Waals surface area contributed by atoms with Crippen LogP contribution >= 0.6 is 0 Å². The van der Waals surface area contributed by atoms with E-state index < -0.39 is 0 Å². The Morgan fingerprint density at radius 3 is 3.00 bits per heavy atom. The molecule has 1 aromatic carbocycles. The minimum atomic E-state index is 0.520. The summed E-state index contributed by atoms with van der Waals surface area (Å²) in [4.78, 5) is 0. The summed E-state index contributed by atoms with van der Waals surface area (Å²) in [6.07, 6.45) is 1.11. The van der Waals surface area contributed by atoms with Gasteiger partial charge in [-0.3, -0.25) is 0 Å². The highest BCUT2D eigenvalue weighted by atomic mass is 16.5. The molecule has 1 aliphatic heterocycles. The first-order valence-electron chi connectivity index (χ1n) is 5.63. The van der Waals surface area contributed by atoms with Crippen LogP contribution in [0.4, 0.5) is 0 Å². The zero-order valence-electron chi connectivity index (χ0n) is 9.45. The number of hydrogen-bond donors (Lipinski definition) is 0. The SMILES string of the molecule is CCOc1c(C)cccc1C1CCOC1. The Morgan fingerprint density at radius 2 is 2.33 bits per heavy atom. The molecule has 2 rings (SSSR count). The molecular formula is C13H18O2. The van der Waals surface area contributed by atoms with Gasteiger partial charge in [-0.15, -0.1) is 0 Å². The Bertz CT molecular complexity index is 327. The lowest BCUT2D eigenvalue weighted by Crippen LogP contribution is -2.04. The highest BCUT2D eigenvalue weighted by molar-refractivity contribution is 5.43. The van der Waals surface area contributed by atoms with Gasteiger partial charge >= 0.3 is 0 Å². The van der Waals surface area contributed by atoms with Crippen LogP contribution in [0.5, 0.6) is 5.75 Å². The average Bonchev–Trinajstić information content (AvgIpc) is 2.74. The molecule has 0 aliphatic carbocycles. The Labute approximate surface area is 91.2 Å². The third-order valence-corrected chi connectivity index (χ3v) is 2.90. The number of benzene rings is 1. The van der Waals surface area contributed by atoms with Gasteiger partial charge < -0.3 is 9.47 Å². The fourth-order valence-electron chi connectivity index (χ4n) is 2.12. The van der Waals surface area contributed by atoms with E-state index in [1.807, 2.05) is 6.92 Å². The molecule has 0 radical (unpaired) electrons. The van der Waals surface area contributed by atoms with Gasteiger partial charge in [-0.05, 0) is 31.4 Å². The van der Waals surface area contributed by atoms with Crippen molar-refractivity contribution in [1.82, 2.24) is 0 Å². The monoisotopic (exact) mass is 206 g/mol. The van der Waals surface area contributed by atoms with Gasteiger partial charge in [0.2, 0.25) is 0 Å². The van der Waals surface area contributed by atoms with E-state index in [-0.39, 0.29) is 0 Å². The minimum absolute atomic E-state index is 0.520. The molecule has 0 saturated carbocycles. The number of ether oxygens (including phenoxy) is 2. The topological polar surface area (TPSA) is 18.5 Å². The van der Waals surface area contributed by atoms with E-state index in [2.05, 4.69) is 25.1 Å². The molecule has 0 aromatic heterocycles. The third-order valence-electron chi connectivity index (χ3n) is 2.90. The van der Waals surface area contributed by atoms with Gasteiger partial charge in [0.15, 0.2) is 0 Å². The van der Waals surface area contributed by atoms with Crippen LogP contribution in [0.25, 0.3) is 0 Å². The summed E-state index contributed by atoms with van der Waals surface area (Å²) in [6, 6.07) is 6.37. The predicted octanol–water partition coefficient (Wildman–Crippen LogP) is 2.90. The second kappa shape index (κ2) is 4.67. The smallest absolute Gasteiger partial charge is 0.125 e. The highest BCUT2D eigenvalue weighted by Crippen LogP contribution is 2.34. The van der Waals surface area contributed by atoms with Gasteiger partial charge in [-0.2, -0.15) is 0 Å². The molecule has 0 bridgehead atoms. The van der Waals surface area contributed by atoms with Crippen LogP contribution in [-0.4, -0.2) is 19.8 Å². The van der Waals surface area contributed by atoms with Gasteiger partial charge in [0.25, 0.3) is 0 Å². The number of para-hydroxylation sites is 1. The van der Waals surface area contributed by atoms with Crippen molar-refractivity contribution in [2.45, 2.75) is 26.2 Å². The van der Waals surface area contributed by atoms with Gasteiger partial charge in [0, 0.05) is 12.5 Å². The summed E-state index contributed by atoms with van der Waals surface area (Å²) >= 11 is 0. The summed E-state index contributed by atoms with van der Waals surface area (Å²) in [5.41, 5.74) is 2.54. The number of hydrogen-bond acceptors (Lipinski definition) is 2. The first-order chi connectivity index (χ1) is 7.33. The largest absolute Gasteiger partial charge is 0.493 e. The Balaban J connectivity index is 2.31. The van der Waals surface area contributed by atoms with Crippen LogP contribution in [0.3, 0.4) is 0 Å². The lowest BCUT2D eigenvalue weighted by molar-refractivity contribution is 0.193. The van der Waals surface area contributed by atoms with Crippen LogP contribution in [0.15, 0.2) is 18.2 Å². The van der Waals surface area contributed by atoms with Crippen LogP contribution in [0.2, 0.25) is 0 Å². The van der Waals surface area contributed by atoms with E-state index in [9.17, 15) is 0 Å². The molecular weight excluding hydrogens is 188 g/mol. The Kier molecular flexibility index (Phi) is 3.27. The molecule has 1 unspecified atom stereocenters. The van der Waals surface area contributed by atoms with Gasteiger partial charge in [0.1, 0.15) is 5.75 Å². The Morgan fingerprint density at radius 1 is 1.47 bits per heavy atom. The summed E-state index contributed by atoms with van der Waals surface area (Å²) < 4.78 is 11.2. The molecule has 0 spiro atoms. The normalized spacial score (nSPS) is 20.5. The third kappa shape index (κ3) is 2.15. The fourth-order valence-corrected chi connectivity index (χ4v) is 2.12. The molecule has 2 nitrogen and oxygen atoms in total. The van der Waals surface area contributed by atoms with E-state index in [1.165, 1.54) is 11.1 Å². The quantitative estimate of drug-likeness (QED) is 0.757. The van der Waals surface area contributed by atoms with E-state index >= 15 is 0 Å². The van der Waals surface area contributed by atoms with Gasteiger partial charge in [-0.25, -0.2) is 0 Å². The van der Waals surface area contributed by atoms with E-state index in [0.717, 1.165) is 32.0 Å². The van der Waals surface area contributed by atoms with Crippen LogP contribution in [0, 0.1) is 6.92 Å². The lowest BCUT2D eigenvalue weighted by atomic mass is 9.95. The zero-order valence-corrected chi connectivity index (χ0v) is 9.45. The molecule has 1 atom stereocenters. The summed E-state index contributed by atoms with van der Waals surface area (Å²) in [5, 5.41) is 0. The molecule has 2 heteroatoms. The number of aryl methyl sites for hydroxylation is 1. The molecule has 1 aliphatic rings. The molecule has 0 N–H and O–H groups in total. The lowest BCUT2D eigenvalue weighted by Gasteiger charge is -2.16. The van der Waals surface area contributed by atoms with Crippen molar-refractivity contribution >= 4 is 0 Å². The Hall–Kier alpha value is -1.02. The van der Waals surface area contributed by atoms with Crippen molar-refractivity contribution < 1.29 is 9.47 Å². The van der Waals surface area contributed by atoms with Crippen molar-refractivity contribution in [2.75, 3.05) is 19.8 Å². The van der Waals surface area contributed by atoms with Crippen LogP contribution in [-0.2, 0) is 4.74 Å². The van der Waals surface area contributed by atoms with Crippen molar-refractivity contribution in [3.63, 3.8) is 0 Å². The van der Waals surface area contributed by atoms with Crippen LogP contribution in [0.1, 0.15) is 30.4 Å². The first kappa shape index (κ1) is 10.5. The van der Waals surface area contributed by atoms with E-state index in [0.29, 0.717) is 5.92 Å². The predicted molar refractivity (Wildman–Crippen MR) is 60.5 cm³/mol. The average molecular weight is 206 g/mol. The van der Waals surface area contributed by atoms with E-state index in [4.69, 9.17) is 9.47 Å². The summed E-state index contributed by atoms with van der Waals surface area (Å²) in [7, 11) is 0. The molecule has 15 heavy (non-hydrogen) atoms. The second-order valence-electron chi connectivity index (χ2n) is 3.99. The second-order valence-corrected chi connectivity index (χ2v) is 3.99. The maximum Gasteiger partial charge on any atom is 0.125 e. The van der Waals surface area contributed by atoms with Crippen molar-refractivity contribution in [1.29, 1.82) is 0 Å². The number of rotatable bonds is 3. The minimum Gasteiger partial charge on any atom is -0.493 e. The molecule has 1 saturated heterocycles. The van der Waals surface area contributed by atoms with Gasteiger partial charge in [0.05, 0.1) is 13.2 Å². The maximum absolute atomic E-state index is 5.72. The standard InChI is InChI=1S/C13H18O2/c1-3-15-13-10(2)5-4-6-12(13)11-7-8-14-9-11/h4-6,11H,3,7-9H2,1-2H3. The molecule has 82 valence electrons. The summed E-state index contributed by atoms with van der Waals surface area (Å²) in [5.74, 6) is 1.59. The molecule has 0 amide bonds. The molecule has 1 fully saturated rings.